The fourth-order valence-electron chi connectivity index (χ4n) is 3.25. The molecule has 1 saturated heterocycles. The lowest BCUT2D eigenvalue weighted by Gasteiger charge is -2.24. The third-order valence-electron chi connectivity index (χ3n) is 4.71. The highest BCUT2D eigenvalue weighted by Gasteiger charge is 2.19. The van der Waals surface area contributed by atoms with E-state index in [-0.39, 0.29) is 24.2 Å². The van der Waals surface area contributed by atoms with Crippen LogP contribution in [0.4, 0.5) is 11.8 Å². The van der Waals surface area contributed by atoms with Gasteiger partial charge in [-0.25, -0.2) is 26.1 Å². The van der Waals surface area contributed by atoms with Gasteiger partial charge in [-0.15, -0.1) is 0 Å². The van der Waals surface area contributed by atoms with Crippen LogP contribution < -0.4 is 16.6 Å². The van der Waals surface area contributed by atoms with E-state index in [0.717, 1.165) is 18.2 Å². The fraction of sp³-hybridized carbons (Fsp3) is 0.316. The lowest BCUT2D eigenvalue weighted by molar-refractivity contribution is 0.0904. The summed E-state index contributed by atoms with van der Waals surface area (Å²) < 4.78 is 6.80. The number of nitrogens with zero attached hydrogens (tertiary/aromatic N) is 5. The number of fused-ring (bicyclic) bond motifs is 1. The Labute approximate surface area is 161 Å². The van der Waals surface area contributed by atoms with Crippen molar-refractivity contribution in [1.29, 1.82) is 0 Å². The Morgan fingerprint density at radius 3 is 2.79 bits per heavy atom. The highest BCUT2D eigenvalue weighted by atomic mass is 16.5. The first-order valence-electron chi connectivity index (χ1n) is 8.95. The molecule has 142 valence electrons. The van der Waals surface area contributed by atoms with Crippen LogP contribution in [-0.4, -0.2) is 38.8 Å². The number of aromatic nitrogens is 4. The Morgan fingerprint density at radius 2 is 2.07 bits per heavy atom. The molecular weight excluding hydrogens is 358 g/mol. The van der Waals surface area contributed by atoms with Gasteiger partial charge in [0, 0.05) is 43.4 Å². The van der Waals surface area contributed by atoms with E-state index < -0.39 is 0 Å². The monoisotopic (exact) mass is 377 g/mol. The Balaban J connectivity index is 1.86. The van der Waals surface area contributed by atoms with E-state index in [2.05, 4.69) is 20.1 Å². The van der Waals surface area contributed by atoms with Crippen molar-refractivity contribution in [3.05, 3.63) is 52.5 Å². The van der Waals surface area contributed by atoms with Gasteiger partial charge >= 0.3 is 0 Å². The van der Waals surface area contributed by atoms with Crippen molar-refractivity contribution in [2.75, 3.05) is 24.3 Å². The number of hydrogen-bond acceptors (Lipinski definition) is 7. The lowest BCUT2D eigenvalue weighted by atomic mass is 10.1. The Kier molecular flexibility index (Phi) is 4.87. The Morgan fingerprint density at radius 1 is 1.32 bits per heavy atom. The summed E-state index contributed by atoms with van der Waals surface area (Å²) in [4.78, 5) is 29.0. The normalized spacial score (nSPS) is 14.7. The van der Waals surface area contributed by atoms with Gasteiger partial charge in [0.05, 0.1) is 11.1 Å². The van der Waals surface area contributed by atoms with Gasteiger partial charge in [0.2, 0.25) is 5.95 Å². The van der Waals surface area contributed by atoms with Crippen LogP contribution in [0.2, 0.25) is 0 Å². The maximum absolute atomic E-state index is 12.9. The quantitative estimate of drug-likeness (QED) is 0.668. The molecule has 4 heterocycles. The molecule has 3 aromatic rings. The van der Waals surface area contributed by atoms with Gasteiger partial charge in [-0.2, -0.15) is 0 Å². The first-order chi connectivity index (χ1) is 13.7. The Hall–Kier alpha value is -3.51. The molecule has 0 unspecified atom stereocenters. The molecule has 0 aromatic carbocycles. The molecule has 0 amide bonds. The number of pyridine rings is 2. The largest absolute Gasteiger partial charge is 0.381 e. The summed E-state index contributed by atoms with van der Waals surface area (Å²) in [6.45, 7) is 8.37. The zero-order chi connectivity index (χ0) is 19.5. The van der Waals surface area contributed by atoms with Crippen molar-refractivity contribution in [3.8, 4) is 11.3 Å². The van der Waals surface area contributed by atoms with Crippen LogP contribution in [0, 0.1) is 6.57 Å². The summed E-state index contributed by atoms with van der Waals surface area (Å²) in [6, 6.07) is 3.81. The molecule has 1 aliphatic rings. The summed E-state index contributed by atoms with van der Waals surface area (Å²) in [6.07, 6.45) is 6.51. The van der Waals surface area contributed by atoms with E-state index >= 15 is 0 Å². The van der Waals surface area contributed by atoms with Gasteiger partial charge in [-0.3, -0.25) is 9.64 Å². The maximum Gasteiger partial charge on any atom is 0.295 e. The number of rotatable bonds is 4. The number of nitrogens with two attached hydrogens (primary N) is 1. The molecular formula is C19H19N7O2. The van der Waals surface area contributed by atoms with Gasteiger partial charge in [-0.1, -0.05) is 0 Å². The molecule has 3 N–H and O–H groups in total. The molecule has 4 rings (SSSR count). The predicted octanol–water partition coefficient (Wildman–Crippen LogP) is 1.90. The minimum atomic E-state index is -0.240. The fourth-order valence-corrected chi connectivity index (χ4v) is 3.25. The highest BCUT2D eigenvalue weighted by Crippen LogP contribution is 2.27. The van der Waals surface area contributed by atoms with Crippen molar-refractivity contribution in [2.45, 2.75) is 25.6 Å². The van der Waals surface area contributed by atoms with Crippen molar-refractivity contribution in [2.24, 2.45) is 0 Å². The molecule has 9 heteroatoms. The average Bonchev–Trinajstić information content (AvgIpc) is 2.71. The van der Waals surface area contributed by atoms with Crippen molar-refractivity contribution >= 4 is 22.5 Å². The first-order valence-corrected chi connectivity index (χ1v) is 8.95. The predicted molar refractivity (Wildman–Crippen MR) is 106 cm³/mol. The summed E-state index contributed by atoms with van der Waals surface area (Å²) in [7, 11) is 0. The van der Waals surface area contributed by atoms with E-state index in [4.69, 9.17) is 22.0 Å². The van der Waals surface area contributed by atoms with Gasteiger partial charge in [-0.05, 0) is 30.4 Å². The summed E-state index contributed by atoms with van der Waals surface area (Å²) in [5.74, 6) is 0.688. The smallest absolute Gasteiger partial charge is 0.295 e. The van der Waals surface area contributed by atoms with Gasteiger partial charge < -0.3 is 15.8 Å². The van der Waals surface area contributed by atoms with E-state index in [0.29, 0.717) is 35.7 Å². The maximum atomic E-state index is 12.9. The van der Waals surface area contributed by atoms with Crippen LogP contribution >= 0.6 is 0 Å². The third-order valence-corrected chi connectivity index (χ3v) is 4.71. The molecule has 0 atom stereocenters. The third kappa shape index (κ3) is 3.50. The molecule has 28 heavy (non-hydrogen) atoms. The van der Waals surface area contributed by atoms with Crippen LogP contribution in [0.1, 0.15) is 12.8 Å². The van der Waals surface area contributed by atoms with Crippen LogP contribution in [-0.2, 0) is 11.4 Å². The lowest BCUT2D eigenvalue weighted by Crippen LogP contribution is -2.29. The SMILES string of the molecule is [C-]#[N+]Cn1ccc2cc(-c3cnc(N)nc3)nc(NC3CCOCC3)c2c1=O. The van der Waals surface area contributed by atoms with Crippen LogP contribution in [0.5, 0.6) is 0 Å². The minimum absolute atomic E-state index is 0.0287. The average molecular weight is 377 g/mol. The molecule has 1 fully saturated rings. The zero-order valence-corrected chi connectivity index (χ0v) is 15.1. The summed E-state index contributed by atoms with van der Waals surface area (Å²) >= 11 is 0. The van der Waals surface area contributed by atoms with Crippen LogP contribution in [0.3, 0.4) is 0 Å². The van der Waals surface area contributed by atoms with Crippen molar-refractivity contribution < 1.29 is 4.74 Å². The standard InChI is InChI=1S/C19H19N7O2/c1-21-11-26-5-2-12-8-15(13-9-22-19(20)23-10-13)25-17(16(12)18(26)27)24-14-3-6-28-7-4-14/h2,5,8-10,14H,3-4,6-7,11H2,(H,24,25)(H2,20,22,23). The number of nitrogen functional groups attached to an aromatic ring is 1. The topological polar surface area (TPSA) is 112 Å². The van der Waals surface area contributed by atoms with Crippen molar-refractivity contribution in [3.63, 3.8) is 0 Å². The second-order valence-electron chi connectivity index (χ2n) is 6.57. The second kappa shape index (κ2) is 7.62. The van der Waals surface area contributed by atoms with Crippen LogP contribution in [0.25, 0.3) is 26.9 Å². The molecule has 0 bridgehead atoms. The van der Waals surface area contributed by atoms with E-state index in [1.165, 1.54) is 4.57 Å². The Bertz CT molecular complexity index is 1100. The van der Waals surface area contributed by atoms with Crippen molar-refractivity contribution in [1.82, 2.24) is 19.5 Å². The van der Waals surface area contributed by atoms with Crippen LogP contribution in [0.15, 0.2) is 35.5 Å². The molecule has 0 aliphatic carbocycles. The molecule has 0 saturated carbocycles. The number of anilines is 2. The van der Waals surface area contributed by atoms with Gasteiger partial charge in [0.1, 0.15) is 5.82 Å². The van der Waals surface area contributed by atoms with E-state index in [1.807, 2.05) is 12.1 Å². The van der Waals surface area contributed by atoms with Gasteiger partial charge in [0.15, 0.2) is 0 Å². The number of hydrogen-bond donors (Lipinski definition) is 2. The molecule has 0 spiro atoms. The molecule has 3 aromatic heterocycles. The van der Waals surface area contributed by atoms with Gasteiger partial charge in [0.25, 0.3) is 12.2 Å². The number of nitrogens with one attached hydrogen (secondary N) is 1. The molecule has 0 radical (unpaired) electrons. The summed E-state index contributed by atoms with van der Waals surface area (Å²) in [5, 5.41) is 4.62. The summed E-state index contributed by atoms with van der Waals surface area (Å²) in [5.41, 5.74) is 6.69. The number of ether oxygens (including phenoxy) is 1. The zero-order valence-electron chi connectivity index (χ0n) is 15.1. The second-order valence-corrected chi connectivity index (χ2v) is 6.57. The molecule has 9 nitrogen and oxygen atoms in total. The first kappa shape index (κ1) is 17.9. The van der Waals surface area contributed by atoms with E-state index in [9.17, 15) is 4.79 Å². The molecule has 1 aliphatic heterocycles. The highest BCUT2D eigenvalue weighted by molar-refractivity contribution is 5.93. The minimum Gasteiger partial charge on any atom is -0.381 e. The van der Waals surface area contributed by atoms with E-state index in [1.54, 1.807) is 18.6 Å².